The molecule has 0 aromatic heterocycles. The molecule has 0 aliphatic carbocycles. The van der Waals surface area contributed by atoms with Gasteiger partial charge >= 0.3 is 5.97 Å². The van der Waals surface area contributed by atoms with Gasteiger partial charge in [-0.25, -0.2) is 13.6 Å². The van der Waals surface area contributed by atoms with Gasteiger partial charge in [0.15, 0.2) is 5.84 Å². The third kappa shape index (κ3) is 4.82. The van der Waals surface area contributed by atoms with E-state index in [0.29, 0.717) is 17.7 Å². The van der Waals surface area contributed by atoms with Crippen LogP contribution in [0.4, 0.5) is 0 Å². The smallest absolute Gasteiger partial charge is 0.320 e. The van der Waals surface area contributed by atoms with Crippen LogP contribution in [0.3, 0.4) is 0 Å². The Morgan fingerprint density at radius 1 is 1.22 bits per heavy atom. The van der Waals surface area contributed by atoms with E-state index in [1.54, 1.807) is 43.3 Å². The van der Waals surface area contributed by atoms with Crippen LogP contribution in [0.25, 0.3) is 11.1 Å². The maximum Gasteiger partial charge on any atom is 0.320 e. The highest BCUT2D eigenvalue weighted by atomic mass is 32.2. The van der Waals surface area contributed by atoms with Gasteiger partial charge in [-0.2, -0.15) is 5.10 Å². The molecule has 9 nitrogen and oxygen atoms in total. The van der Waals surface area contributed by atoms with Crippen LogP contribution in [0.5, 0.6) is 0 Å². The minimum Gasteiger partial charge on any atom is -0.480 e. The van der Waals surface area contributed by atoms with Crippen molar-refractivity contribution in [3.05, 3.63) is 53.6 Å². The molecule has 2 rings (SSSR count). The third-order valence-electron chi connectivity index (χ3n) is 3.98. The lowest BCUT2D eigenvalue weighted by Gasteiger charge is -2.14. The number of carboxylic acids is 1. The number of carbonyl (C=O) groups is 1. The highest BCUT2D eigenvalue weighted by Gasteiger charge is 2.20. The quantitative estimate of drug-likeness (QED) is 0.193. The lowest BCUT2D eigenvalue weighted by molar-refractivity contribution is -0.139. The summed E-state index contributed by atoms with van der Waals surface area (Å²) in [5.74, 6) is 4.16. The summed E-state index contributed by atoms with van der Waals surface area (Å²) in [6.07, 6.45) is 0. The molecule has 0 saturated heterocycles. The van der Waals surface area contributed by atoms with Gasteiger partial charge in [-0.05, 0) is 29.7 Å². The number of primary sulfonamides is 1. The highest BCUT2D eigenvalue weighted by molar-refractivity contribution is 7.89. The molecular formula is C17H21N5O4S. The van der Waals surface area contributed by atoms with E-state index in [-0.39, 0.29) is 16.3 Å². The van der Waals surface area contributed by atoms with Crippen molar-refractivity contribution in [3.8, 4) is 11.1 Å². The number of hydrazone groups is 1. The van der Waals surface area contributed by atoms with E-state index in [1.165, 1.54) is 6.07 Å². The number of carboxylic acid groups (broad SMARTS) is 1. The van der Waals surface area contributed by atoms with Crippen molar-refractivity contribution >= 4 is 21.8 Å². The summed E-state index contributed by atoms with van der Waals surface area (Å²) in [7, 11) is -4.04. The topological polar surface area (TPSA) is 174 Å². The van der Waals surface area contributed by atoms with Crippen LogP contribution in [0, 0.1) is 0 Å². The summed E-state index contributed by atoms with van der Waals surface area (Å²) < 4.78 is 23.8. The molecule has 0 radical (unpaired) electrons. The first-order valence-corrected chi connectivity index (χ1v) is 9.44. The number of rotatable bonds is 7. The average molecular weight is 391 g/mol. The van der Waals surface area contributed by atoms with Gasteiger partial charge in [0.1, 0.15) is 6.04 Å². The maximum absolute atomic E-state index is 11.9. The Kier molecular flexibility index (Phi) is 6.16. The number of hydrogen-bond donors (Lipinski definition) is 5. The van der Waals surface area contributed by atoms with Gasteiger partial charge in [-0.1, -0.05) is 36.4 Å². The Labute approximate surface area is 156 Å². The van der Waals surface area contributed by atoms with Crippen molar-refractivity contribution in [2.75, 3.05) is 0 Å². The van der Waals surface area contributed by atoms with Gasteiger partial charge in [0, 0.05) is 12.1 Å². The maximum atomic E-state index is 11.9. The average Bonchev–Trinajstić information content (AvgIpc) is 2.64. The summed E-state index contributed by atoms with van der Waals surface area (Å²) in [4.78, 5) is 10.7. The first-order chi connectivity index (χ1) is 12.6. The van der Waals surface area contributed by atoms with Gasteiger partial charge in [0.05, 0.1) is 4.90 Å². The molecule has 1 unspecified atom stereocenters. The number of benzene rings is 2. The van der Waals surface area contributed by atoms with Crippen LogP contribution in [0.15, 0.2) is 52.5 Å². The summed E-state index contributed by atoms with van der Waals surface area (Å²) in [5.41, 5.74) is 7.98. The fourth-order valence-electron chi connectivity index (χ4n) is 2.50. The molecule has 0 amide bonds. The number of nitrogens with zero attached hydrogens (tertiary/aromatic N) is 1. The molecule has 2 aromatic rings. The lowest BCUT2D eigenvalue weighted by atomic mass is 9.98. The number of nitrogens with one attached hydrogen (secondary N) is 1. The second-order valence-corrected chi connectivity index (χ2v) is 7.41. The van der Waals surface area contributed by atoms with Crippen molar-refractivity contribution in [1.29, 1.82) is 0 Å². The van der Waals surface area contributed by atoms with Crippen molar-refractivity contribution in [2.24, 2.45) is 21.8 Å². The molecule has 0 spiro atoms. The Bertz CT molecular complexity index is 971. The van der Waals surface area contributed by atoms with Gasteiger partial charge < -0.3 is 22.0 Å². The third-order valence-corrected chi connectivity index (χ3v) is 4.93. The molecule has 0 fully saturated rings. The van der Waals surface area contributed by atoms with Crippen LogP contribution in [0.1, 0.15) is 18.1 Å². The normalized spacial score (nSPS) is 13.3. The Hall–Kier alpha value is -2.95. The molecule has 2 aromatic carbocycles. The second-order valence-electron chi connectivity index (χ2n) is 5.88. The highest BCUT2D eigenvalue weighted by Crippen LogP contribution is 2.28. The molecule has 27 heavy (non-hydrogen) atoms. The van der Waals surface area contributed by atoms with Crippen molar-refractivity contribution in [3.63, 3.8) is 0 Å². The molecule has 144 valence electrons. The van der Waals surface area contributed by atoms with E-state index < -0.39 is 22.0 Å². The van der Waals surface area contributed by atoms with Gasteiger partial charge in [0.25, 0.3) is 0 Å². The summed E-state index contributed by atoms with van der Waals surface area (Å²) >= 11 is 0. The predicted octanol–water partition coefficient (Wildman–Crippen LogP) is 0.143. The Morgan fingerprint density at radius 2 is 1.85 bits per heavy atom. The van der Waals surface area contributed by atoms with E-state index in [2.05, 4.69) is 10.4 Å². The monoisotopic (exact) mass is 391 g/mol. The van der Waals surface area contributed by atoms with Crippen LogP contribution in [-0.2, 0) is 21.4 Å². The summed E-state index contributed by atoms with van der Waals surface area (Å²) in [6.45, 7) is 1.92. The molecule has 0 heterocycles. The molecule has 0 bridgehead atoms. The zero-order chi connectivity index (χ0) is 20.2. The van der Waals surface area contributed by atoms with Crippen LogP contribution >= 0.6 is 0 Å². The second kappa shape index (κ2) is 8.16. The molecule has 0 saturated carbocycles. The standard InChI is InChI=1S/C17H21N5O4S/c1-10(17(23)24)21-9-11-5-7-12(8-6-11)13-3-2-4-14(27(20,25)26)15(13)16(18)22-19/h2-8,10,21H,9,19H2,1H3,(H2,18,22)(H,23,24)(H2,20,25,26). The van der Waals surface area contributed by atoms with E-state index in [9.17, 15) is 13.2 Å². The molecule has 0 aliphatic heterocycles. The van der Waals surface area contributed by atoms with E-state index in [1.807, 2.05) is 0 Å². The Balaban J connectivity index is 2.43. The first kappa shape index (κ1) is 20.4. The minimum absolute atomic E-state index is 0.132. The van der Waals surface area contributed by atoms with E-state index in [0.717, 1.165) is 5.56 Å². The van der Waals surface area contributed by atoms with Crippen LogP contribution in [-0.4, -0.2) is 31.4 Å². The fraction of sp³-hybridized carbons (Fsp3) is 0.176. The van der Waals surface area contributed by atoms with Crippen molar-refractivity contribution < 1.29 is 18.3 Å². The fourth-order valence-corrected chi connectivity index (χ4v) is 3.27. The van der Waals surface area contributed by atoms with Crippen LogP contribution < -0.4 is 22.0 Å². The predicted molar refractivity (Wildman–Crippen MR) is 102 cm³/mol. The van der Waals surface area contributed by atoms with E-state index >= 15 is 0 Å². The molecule has 8 N–H and O–H groups in total. The number of aliphatic carboxylic acids is 1. The number of hydrogen-bond acceptors (Lipinski definition) is 6. The molecule has 0 aliphatic rings. The molecule has 10 heteroatoms. The zero-order valence-corrected chi connectivity index (χ0v) is 15.4. The minimum atomic E-state index is -4.04. The van der Waals surface area contributed by atoms with Crippen LogP contribution in [0.2, 0.25) is 0 Å². The number of amidine groups is 1. The van der Waals surface area contributed by atoms with Gasteiger partial charge in [-0.3, -0.25) is 4.79 Å². The van der Waals surface area contributed by atoms with Gasteiger partial charge in [0.2, 0.25) is 10.0 Å². The number of sulfonamides is 1. The van der Waals surface area contributed by atoms with Crippen molar-refractivity contribution in [2.45, 2.75) is 24.4 Å². The first-order valence-electron chi connectivity index (χ1n) is 7.90. The zero-order valence-electron chi connectivity index (χ0n) is 14.6. The van der Waals surface area contributed by atoms with Gasteiger partial charge in [-0.15, -0.1) is 0 Å². The van der Waals surface area contributed by atoms with Crippen molar-refractivity contribution in [1.82, 2.24) is 5.32 Å². The summed E-state index contributed by atoms with van der Waals surface area (Å²) in [6, 6.07) is 11.0. The molecule has 1 atom stereocenters. The SMILES string of the molecule is CC(NCc1ccc(-c2cccc(S(N)(=O)=O)c2/C(N)=N/N)cc1)C(=O)O. The number of nitrogens with two attached hydrogens (primary N) is 3. The summed E-state index contributed by atoms with van der Waals surface area (Å²) in [5, 5.41) is 20.5. The Morgan fingerprint density at radius 3 is 2.37 bits per heavy atom. The largest absolute Gasteiger partial charge is 0.480 e. The van der Waals surface area contributed by atoms with E-state index in [4.69, 9.17) is 21.8 Å². The lowest BCUT2D eigenvalue weighted by Crippen LogP contribution is -2.33. The molecular weight excluding hydrogens is 370 g/mol.